The highest BCUT2D eigenvalue weighted by molar-refractivity contribution is 9.10. The highest BCUT2D eigenvalue weighted by Gasteiger charge is 2.19. The van der Waals surface area contributed by atoms with Crippen molar-refractivity contribution in [1.82, 2.24) is 0 Å². The standard InChI is InChI=1S/C12H6Br2FNO3/c13-7-1-3-8(4-2-7)19-12-5-9(14)10(15)6-11(12)16(17)18/h1-6H. The van der Waals surface area contributed by atoms with E-state index >= 15 is 0 Å². The van der Waals surface area contributed by atoms with Crippen LogP contribution in [0, 0.1) is 15.9 Å². The van der Waals surface area contributed by atoms with Crippen LogP contribution in [0.2, 0.25) is 0 Å². The minimum absolute atomic E-state index is 0.0272. The maximum atomic E-state index is 13.3. The summed E-state index contributed by atoms with van der Waals surface area (Å²) in [7, 11) is 0. The van der Waals surface area contributed by atoms with Crippen molar-refractivity contribution in [2.45, 2.75) is 0 Å². The monoisotopic (exact) mass is 389 g/mol. The first-order chi connectivity index (χ1) is 8.97. The number of benzene rings is 2. The first kappa shape index (κ1) is 14.0. The van der Waals surface area contributed by atoms with Gasteiger partial charge in [0.1, 0.15) is 11.6 Å². The van der Waals surface area contributed by atoms with Crippen LogP contribution < -0.4 is 4.74 Å². The zero-order valence-electron chi connectivity index (χ0n) is 9.27. The van der Waals surface area contributed by atoms with Crippen molar-refractivity contribution in [2.24, 2.45) is 0 Å². The molecule has 2 rings (SSSR count). The first-order valence-corrected chi connectivity index (χ1v) is 6.63. The molecule has 2 aromatic rings. The van der Waals surface area contributed by atoms with Gasteiger partial charge in [0.2, 0.25) is 5.75 Å². The largest absolute Gasteiger partial charge is 0.450 e. The van der Waals surface area contributed by atoms with E-state index in [0.29, 0.717) is 5.75 Å². The molecule has 7 heteroatoms. The topological polar surface area (TPSA) is 52.4 Å². The van der Waals surface area contributed by atoms with Gasteiger partial charge in [0.05, 0.1) is 15.5 Å². The van der Waals surface area contributed by atoms with Gasteiger partial charge in [0, 0.05) is 10.5 Å². The Morgan fingerprint density at radius 3 is 2.37 bits per heavy atom. The molecule has 0 bridgehead atoms. The lowest BCUT2D eigenvalue weighted by molar-refractivity contribution is -0.385. The van der Waals surface area contributed by atoms with E-state index in [1.807, 2.05) is 0 Å². The minimum atomic E-state index is -0.713. The average Bonchev–Trinajstić information content (AvgIpc) is 2.36. The van der Waals surface area contributed by atoms with E-state index in [1.165, 1.54) is 6.07 Å². The van der Waals surface area contributed by atoms with Crippen LogP contribution in [0.15, 0.2) is 45.3 Å². The number of nitrogens with zero attached hydrogens (tertiary/aromatic N) is 1. The number of halogens is 3. The molecule has 19 heavy (non-hydrogen) atoms. The van der Waals surface area contributed by atoms with Crippen LogP contribution in [-0.2, 0) is 0 Å². The van der Waals surface area contributed by atoms with Crippen molar-refractivity contribution >= 4 is 37.5 Å². The van der Waals surface area contributed by atoms with Crippen molar-refractivity contribution in [2.75, 3.05) is 0 Å². The third-order valence-electron chi connectivity index (χ3n) is 2.24. The predicted molar refractivity (Wildman–Crippen MR) is 75.0 cm³/mol. The van der Waals surface area contributed by atoms with Gasteiger partial charge in [-0.3, -0.25) is 10.1 Å². The molecule has 0 heterocycles. The molecule has 2 aromatic carbocycles. The molecular weight excluding hydrogens is 385 g/mol. The molecule has 0 aliphatic carbocycles. The van der Waals surface area contributed by atoms with Gasteiger partial charge in [0.25, 0.3) is 0 Å². The Labute approximate surface area is 124 Å². The van der Waals surface area contributed by atoms with E-state index in [9.17, 15) is 14.5 Å². The second kappa shape index (κ2) is 5.66. The molecule has 0 aliphatic rings. The summed E-state index contributed by atoms with van der Waals surface area (Å²) in [5.74, 6) is -0.319. The Morgan fingerprint density at radius 2 is 1.79 bits per heavy atom. The minimum Gasteiger partial charge on any atom is -0.450 e. The fourth-order valence-electron chi connectivity index (χ4n) is 1.37. The number of hydrogen-bond acceptors (Lipinski definition) is 3. The summed E-state index contributed by atoms with van der Waals surface area (Å²) < 4.78 is 19.7. The molecule has 0 atom stereocenters. The first-order valence-electron chi connectivity index (χ1n) is 5.04. The van der Waals surface area contributed by atoms with E-state index < -0.39 is 16.4 Å². The fraction of sp³-hybridized carbons (Fsp3) is 0. The molecule has 0 N–H and O–H groups in total. The Balaban J connectivity index is 2.41. The van der Waals surface area contributed by atoms with Crippen LogP contribution in [0.25, 0.3) is 0 Å². The third-order valence-corrected chi connectivity index (χ3v) is 3.38. The van der Waals surface area contributed by atoms with E-state index in [1.54, 1.807) is 24.3 Å². The van der Waals surface area contributed by atoms with Crippen molar-refractivity contribution < 1.29 is 14.1 Å². The SMILES string of the molecule is O=[N+]([O-])c1cc(F)c(Br)cc1Oc1ccc(Br)cc1. The molecule has 0 saturated carbocycles. The molecule has 0 saturated heterocycles. The van der Waals surface area contributed by atoms with Gasteiger partial charge >= 0.3 is 5.69 Å². The summed E-state index contributed by atoms with van der Waals surface area (Å²) >= 11 is 6.24. The summed E-state index contributed by atoms with van der Waals surface area (Å²) in [6.45, 7) is 0. The van der Waals surface area contributed by atoms with Gasteiger partial charge in [-0.05, 0) is 40.2 Å². The number of hydrogen-bond donors (Lipinski definition) is 0. The van der Waals surface area contributed by atoms with Crippen LogP contribution >= 0.6 is 31.9 Å². The number of nitro benzene ring substituents is 1. The van der Waals surface area contributed by atoms with E-state index in [-0.39, 0.29) is 10.2 Å². The number of nitro groups is 1. The van der Waals surface area contributed by atoms with Crippen molar-refractivity contribution in [3.63, 3.8) is 0 Å². The maximum absolute atomic E-state index is 13.3. The summed E-state index contributed by atoms with van der Waals surface area (Å²) in [5, 5.41) is 10.9. The van der Waals surface area contributed by atoms with Gasteiger partial charge in [-0.1, -0.05) is 15.9 Å². The molecular formula is C12H6Br2FNO3. The van der Waals surface area contributed by atoms with Crippen molar-refractivity contribution in [1.29, 1.82) is 0 Å². The smallest absolute Gasteiger partial charge is 0.314 e. The zero-order valence-corrected chi connectivity index (χ0v) is 12.4. The molecule has 4 nitrogen and oxygen atoms in total. The molecule has 0 amide bonds. The molecule has 0 aromatic heterocycles. The Morgan fingerprint density at radius 1 is 1.16 bits per heavy atom. The zero-order chi connectivity index (χ0) is 14.0. The van der Waals surface area contributed by atoms with Gasteiger partial charge in [-0.25, -0.2) is 4.39 Å². The molecule has 0 fully saturated rings. The van der Waals surface area contributed by atoms with E-state index in [4.69, 9.17) is 4.74 Å². The van der Waals surface area contributed by atoms with Crippen molar-refractivity contribution in [3.8, 4) is 11.5 Å². The highest BCUT2D eigenvalue weighted by Crippen LogP contribution is 2.35. The normalized spacial score (nSPS) is 10.3. The summed E-state index contributed by atoms with van der Waals surface area (Å²) in [5.41, 5.74) is -0.427. The number of rotatable bonds is 3. The molecule has 0 spiro atoms. The lowest BCUT2D eigenvalue weighted by Crippen LogP contribution is -1.95. The summed E-state index contributed by atoms with van der Waals surface area (Å²) in [6.07, 6.45) is 0. The predicted octanol–water partition coefficient (Wildman–Crippen LogP) is 5.05. The van der Waals surface area contributed by atoms with E-state index in [2.05, 4.69) is 31.9 Å². The quantitative estimate of drug-likeness (QED) is 0.544. The number of ether oxygens (including phenoxy) is 1. The summed E-state index contributed by atoms with van der Waals surface area (Å²) in [6, 6.07) is 8.81. The Kier molecular flexibility index (Phi) is 4.16. The Hall–Kier alpha value is -1.47. The van der Waals surface area contributed by atoms with Gasteiger partial charge in [0.15, 0.2) is 0 Å². The second-order valence-electron chi connectivity index (χ2n) is 3.55. The molecule has 0 radical (unpaired) electrons. The van der Waals surface area contributed by atoms with Crippen LogP contribution in [0.1, 0.15) is 0 Å². The van der Waals surface area contributed by atoms with Crippen molar-refractivity contribution in [3.05, 3.63) is 61.3 Å². The molecule has 0 unspecified atom stereocenters. The van der Waals surface area contributed by atoms with Gasteiger partial charge < -0.3 is 4.74 Å². The average molecular weight is 391 g/mol. The van der Waals surface area contributed by atoms with Crippen LogP contribution in [-0.4, -0.2) is 4.92 Å². The van der Waals surface area contributed by atoms with Crippen LogP contribution in [0.3, 0.4) is 0 Å². The van der Waals surface area contributed by atoms with Gasteiger partial charge in [-0.15, -0.1) is 0 Å². The maximum Gasteiger partial charge on any atom is 0.314 e. The molecule has 98 valence electrons. The Bertz CT molecular complexity index is 632. The van der Waals surface area contributed by atoms with E-state index in [0.717, 1.165) is 10.5 Å². The highest BCUT2D eigenvalue weighted by atomic mass is 79.9. The fourth-order valence-corrected chi connectivity index (χ4v) is 1.96. The third kappa shape index (κ3) is 3.30. The molecule has 0 aliphatic heterocycles. The van der Waals surface area contributed by atoms with Gasteiger partial charge in [-0.2, -0.15) is 0 Å². The lowest BCUT2D eigenvalue weighted by Gasteiger charge is -2.07. The van der Waals surface area contributed by atoms with Crippen LogP contribution in [0.5, 0.6) is 11.5 Å². The second-order valence-corrected chi connectivity index (χ2v) is 5.32. The lowest BCUT2D eigenvalue weighted by atomic mass is 10.3. The van der Waals surface area contributed by atoms with Crippen LogP contribution in [0.4, 0.5) is 10.1 Å². The summed E-state index contributed by atoms with van der Waals surface area (Å²) in [4.78, 5) is 10.2.